The zero-order chi connectivity index (χ0) is 16.6. The summed E-state index contributed by atoms with van der Waals surface area (Å²) in [5, 5.41) is 2.68. The van der Waals surface area contributed by atoms with Crippen molar-refractivity contribution >= 4 is 10.8 Å². The van der Waals surface area contributed by atoms with Crippen LogP contribution in [0.3, 0.4) is 0 Å². The zero-order valence-electron chi connectivity index (χ0n) is 14.9. The Hall–Kier alpha value is -2.15. The molecule has 3 rings (SSSR count). The van der Waals surface area contributed by atoms with Crippen LogP contribution < -0.4 is 4.57 Å². The average Bonchev–Trinajstić information content (AvgIpc) is 2.56. The highest BCUT2D eigenvalue weighted by molar-refractivity contribution is 5.94. The van der Waals surface area contributed by atoms with Gasteiger partial charge in [0.05, 0.1) is 5.39 Å². The van der Waals surface area contributed by atoms with Gasteiger partial charge in [-0.25, -0.2) is 0 Å². The van der Waals surface area contributed by atoms with Gasteiger partial charge in [0.1, 0.15) is 7.05 Å². The predicted molar refractivity (Wildman–Crippen MR) is 98.7 cm³/mol. The Labute approximate surface area is 139 Å². The van der Waals surface area contributed by atoms with Gasteiger partial charge in [-0.2, -0.15) is 4.57 Å². The molecule has 0 saturated carbocycles. The maximum atomic E-state index is 2.37. The fraction of sp³-hybridized carbons (Fsp3) is 0.318. The first-order chi connectivity index (χ1) is 11.0. The van der Waals surface area contributed by atoms with Gasteiger partial charge in [-0.15, -0.1) is 0 Å². The molecule has 0 amide bonds. The maximum Gasteiger partial charge on any atom is 0.220 e. The number of aromatic nitrogens is 1. The topological polar surface area (TPSA) is 3.88 Å². The molecule has 0 fully saturated rings. The van der Waals surface area contributed by atoms with Crippen molar-refractivity contribution in [3.05, 3.63) is 65.4 Å². The molecular formula is C22H26N+. The van der Waals surface area contributed by atoms with Crippen molar-refractivity contribution in [3.63, 3.8) is 0 Å². The number of rotatable bonds is 3. The van der Waals surface area contributed by atoms with Crippen LogP contribution in [0.25, 0.3) is 22.0 Å². The summed E-state index contributed by atoms with van der Waals surface area (Å²) in [6.07, 6.45) is 1.18. The van der Waals surface area contributed by atoms with Crippen LogP contribution in [0.5, 0.6) is 0 Å². The number of pyridine rings is 1. The van der Waals surface area contributed by atoms with Gasteiger partial charge in [0.15, 0.2) is 5.69 Å². The molecule has 0 radical (unpaired) electrons. The molecule has 1 unspecified atom stereocenters. The summed E-state index contributed by atoms with van der Waals surface area (Å²) in [6, 6.07) is 17.9. The van der Waals surface area contributed by atoms with Crippen molar-refractivity contribution < 1.29 is 4.57 Å². The van der Waals surface area contributed by atoms with E-state index in [2.05, 4.69) is 87.8 Å². The highest BCUT2D eigenvalue weighted by Gasteiger charge is 2.19. The number of benzene rings is 2. The molecule has 0 spiro atoms. The van der Waals surface area contributed by atoms with E-state index in [4.69, 9.17) is 0 Å². The van der Waals surface area contributed by atoms with E-state index in [-0.39, 0.29) is 0 Å². The second kappa shape index (κ2) is 6.16. The molecule has 0 bridgehead atoms. The van der Waals surface area contributed by atoms with Crippen molar-refractivity contribution in [1.82, 2.24) is 0 Å². The zero-order valence-corrected chi connectivity index (χ0v) is 14.9. The van der Waals surface area contributed by atoms with Crippen LogP contribution in [0.1, 0.15) is 43.0 Å². The molecule has 1 nitrogen and oxygen atoms in total. The third-order valence-electron chi connectivity index (χ3n) is 5.14. The lowest BCUT2D eigenvalue weighted by Gasteiger charge is -2.13. The van der Waals surface area contributed by atoms with Gasteiger partial charge in [-0.1, -0.05) is 44.2 Å². The van der Waals surface area contributed by atoms with E-state index in [9.17, 15) is 0 Å². The first-order valence-corrected chi connectivity index (χ1v) is 8.52. The van der Waals surface area contributed by atoms with Crippen LogP contribution in [0.4, 0.5) is 0 Å². The van der Waals surface area contributed by atoms with E-state index >= 15 is 0 Å². The number of hydrogen-bond acceptors (Lipinski definition) is 0. The molecule has 0 aliphatic rings. The van der Waals surface area contributed by atoms with E-state index in [1.54, 1.807) is 0 Å². The van der Waals surface area contributed by atoms with E-state index in [0.29, 0.717) is 5.92 Å². The Bertz CT molecular complexity index is 861. The molecule has 1 atom stereocenters. The average molecular weight is 304 g/mol. The highest BCUT2D eigenvalue weighted by Crippen LogP contribution is 2.31. The van der Waals surface area contributed by atoms with Gasteiger partial charge < -0.3 is 0 Å². The number of nitrogens with zero attached hydrogens (tertiary/aromatic N) is 1. The number of aryl methyl sites for hydroxylation is 2. The van der Waals surface area contributed by atoms with Gasteiger partial charge in [0.25, 0.3) is 0 Å². The standard InChI is InChI=1S/C22H26N/c1-6-15(2)18-11-12-21-19(14-18)13-17(4)23(5)22(21)20-10-8-7-9-16(20)3/h7-15H,6H2,1-5H3/q+1. The SMILES string of the molecule is CCC(C)c1ccc2c(-c3ccccc3C)[n+](C)c(C)cc2c1. The Morgan fingerprint density at radius 3 is 2.43 bits per heavy atom. The first-order valence-electron chi connectivity index (χ1n) is 8.52. The fourth-order valence-corrected chi connectivity index (χ4v) is 3.30. The minimum atomic E-state index is 0.607. The van der Waals surface area contributed by atoms with Gasteiger partial charge in [0, 0.05) is 18.6 Å². The summed E-state index contributed by atoms with van der Waals surface area (Å²) < 4.78 is 2.31. The summed E-state index contributed by atoms with van der Waals surface area (Å²) in [5.41, 5.74) is 6.68. The predicted octanol–water partition coefficient (Wildman–Crippen LogP) is 5.46. The lowest BCUT2D eigenvalue weighted by Crippen LogP contribution is -2.35. The first kappa shape index (κ1) is 15.7. The summed E-state index contributed by atoms with van der Waals surface area (Å²) >= 11 is 0. The van der Waals surface area contributed by atoms with Crippen LogP contribution in [-0.2, 0) is 7.05 Å². The second-order valence-electron chi connectivity index (χ2n) is 6.66. The quantitative estimate of drug-likeness (QED) is 0.566. The molecule has 1 aromatic heterocycles. The minimum absolute atomic E-state index is 0.607. The van der Waals surface area contributed by atoms with Gasteiger partial charge in [-0.3, -0.25) is 0 Å². The molecule has 118 valence electrons. The van der Waals surface area contributed by atoms with Gasteiger partial charge in [0.2, 0.25) is 5.69 Å². The van der Waals surface area contributed by atoms with Crippen LogP contribution in [0.15, 0.2) is 48.5 Å². The summed E-state index contributed by atoms with van der Waals surface area (Å²) in [6.45, 7) is 8.94. The second-order valence-corrected chi connectivity index (χ2v) is 6.66. The van der Waals surface area contributed by atoms with Crippen LogP contribution in [0, 0.1) is 13.8 Å². The van der Waals surface area contributed by atoms with E-state index in [0.717, 1.165) is 0 Å². The molecule has 0 aliphatic carbocycles. The van der Waals surface area contributed by atoms with E-state index in [1.807, 2.05) is 0 Å². The van der Waals surface area contributed by atoms with Crippen molar-refractivity contribution in [2.75, 3.05) is 0 Å². The van der Waals surface area contributed by atoms with Crippen LogP contribution in [-0.4, -0.2) is 0 Å². The van der Waals surface area contributed by atoms with Crippen LogP contribution >= 0.6 is 0 Å². The molecular weight excluding hydrogens is 278 g/mol. The van der Waals surface area contributed by atoms with Crippen molar-refractivity contribution in [2.45, 2.75) is 40.0 Å². The third-order valence-corrected chi connectivity index (χ3v) is 5.14. The van der Waals surface area contributed by atoms with E-state index < -0.39 is 0 Å². The van der Waals surface area contributed by atoms with Crippen molar-refractivity contribution in [1.29, 1.82) is 0 Å². The Balaban J connectivity index is 2.33. The maximum absolute atomic E-state index is 2.37. The van der Waals surface area contributed by atoms with E-state index in [1.165, 1.54) is 45.3 Å². The minimum Gasteiger partial charge on any atom is -0.198 e. The number of hydrogen-bond donors (Lipinski definition) is 0. The summed E-state index contributed by atoms with van der Waals surface area (Å²) in [4.78, 5) is 0. The molecule has 1 heterocycles. The molecule has 0 N–H and O–H groups in total. The monoisotopic (exact) mass is 304 g/mol. The molecule has 2 aromatic carbocycles. The summed E-state index contributed by atoms with van der Waals surface area (Å²) in [5.74, 6) is 0.607. The highest BCUT2D eigenvalue weighted by atomic mass is 14.9. The smallest absolute Gasteiger partial charge is 0.198 e. The lowest BCUT2D eigenvalue weighted by molar-refractivity contribution is -0.665. The molecule has 23 heavy (non-hydrogen) atoms. The molecule has 1 heteroatoms. The Morgan fingerprint density at radius 1 is 1.00 bits per heavy atom. The third kappa shape index (κ3) is 2.76. The number of fused-ring (bicyclic) bond motifs is 1. The normalized spacial score (nSPS) is 12.6. The fourth-order valence-electron chi connectivity index (χ4n) is 3.30. The lowest BCUT2D eigenvalue weighted by atomic mass is 9.93. The molecule has 3 aromatic rings. The van der Waals surface area contributed by atoms with Crippen molar-refractivity contribution in [2.24, 2.45) is 7.05 Å². The van der Waals surface area contributed by atoms with Crippen LogP contribution in [0.2, 0.25) is 0 Å². The van der Waals surface area contributed by atoms with Gasteiger partial charge in [-0.05, 0) is 47.9 Å². The van der Waals surface area contributed by atoms with Crippen molar-refractivity contribution in [3.8, 4) is 11.3 Å². The Kier molecular flexibility index (Phi) is 4.21. The molecule has 0 aliphatic heterocycles. The molecule has 0 saturated heterocycles. The largest absolute Gasteiger partial charge is 0.220 e. The Morgan fingerprint density at radius 2 is 1.74 bits per heavy atom. The summed E-state index contributed by atoms with van der Waals surface area (Å²) in [7, 11) is 2.17. The van der Waals surface area contributed by atoms with Gasteiger partial charge >= 0.3 is 0 Å².